The highest BCUT2D eigenvalue weighted by molar-refractivity contribution is 7.98. The number of likely N-dealkylation sites (tertiary alicyclic amines) is 1. The molecule has 1 aromatic carbocycles. The maximum absolute atomic E-state index is 13.0. The maximum Gasteiger partial charge on any atom is 0.393 e. The zero-order chi connectivity index (χ0) is 18.8. The molecule has 0 saturated carbocycles. The molecule has 1 heterocycles. The molecule has 138 valence electrons. The lowest BCUT2D eigenvalue weighted by Crippen LogP contribution is -2.41. The second-order valence-electron chi connectivity index (χ2n) is 5.94. The molecule has 3 atom stereocenters. The first kappa shape index (κ1) is 19.6. The van der Waals surface area contributed by atoms with E-state index in [1.165, 1.54) is 11.8 Å². The van der Waals surface area contributed by atoms with E-state index in [0.717, 1.165) is 4.90 Å². The van der Waals surface area contributed by atoms with Crippen LogP contribution in [0.2, 0.25) is 0 Å². The molecule has 9 heteroatoms. The Bertz CT molecular complexity index is 637. The van der Waals surface area contributed by atoms with E-state index in [1.807, 2.05) is 18.4 Å². The number of benzene rings is 1. The summed E-state index contributed by atoms with van der Waals surface area (Å²) in [4.78, 5) is 25.7. The number of hydrogen-bond acceptors (Lipinski definition) is 4. The number of carbonyl (C=O) groups is 2. The standard InChI is InChI=1S/C16H19F3N2O3S/c1-9(14(22)20-10-3-5-11(25-2)6-4-10)21-7-12(15(23)24)13(8-21)16(17,18)19/h3-6,9,12-13H,7-8H2,1-2H3,(H,20,22)(H,23,24)/t9?,12-,13-/m1/s1. The number of nitrogens with one attached hydrogen (secondary N) is 1. The second kappa shape index (κ2) is 7.65. The molecule has 0 bridgehead atoms. The van der Waals surface area contributed by atoms with Gasteiger partial charge in [-0.15, -0.1) is 11.8 Å². The largest absolute Gasteiger partial charge is 0.481 e. The summed E-state index contributed by atoms with van der Waals surface area (Å²) < 4.78 is 39.1. The number of amides is 1. The van der Waals surface area contributed by atoms with Crippen molar-refractivity contribution >= 4 is 29.3 Å². The Labute approximate surface area is 147 Å². The quantitative estimate of drug-likeness (QED) is 0.774. The Morgan fingerprint density at radius 1 is 1.28 bits per heavy atom. The lowest BCUT2D eigenvalue weighted by molar-refractivity contribution is -0.188. The molecule has 2 N–H and O–H groups in total. The molecule has 1 saturated heterocycles. The molecule has 1 aliphatic rings. The summed E-state index contributed by atoms with van der Waals surface area (Å²) >= 11 is 1.55. The van der Waals surface area contributed by atoms with E-state index in [1.54, 1.807) is 23.9 Å². The molecular weight excluding hydrogens is 357 g/mol. The van der Waals surface area contributed by atoms with Crippen LogP contribution >= 0.6 is 11.8 Å². The molecule has 0 aromatic heterocycles. The molecule has 5 nitrogen and oxygen atoms in total. The average molecular weight is 376 g/mol. The number of nitrogens with zero attached hydrogens (tertiary/aromatic N) is 1. The fraction of sp³-hybridized carbons (Fsp3) is 0.500. The van der Waals surface area contributed by atoms with E-state index in [2.05, 4.69) is 5.32 Å². The minimum absolute atomic E-state index is 0.306. The van der Waals surface area contributed by atoms with Crippen LogP contribution in [0.25, 0.3) is 0 Å². The van der Waals surface area contributed by atoms with Crippen molar-refractivity contribution in [3.05, 3.63) is 24.3 Å². The number of anilines is 1. The van der Waals surface area contributed by atoms with Gasteiger partial charge in [0.25, 0.3) is 0 Å². The van der Waals surface area contributed by atoms with Crippen LogP contribution < -0.4 is 5.32 Å². The van der Waals surface area contributed by atoms with E-state index < -0.39 is 42.5 Å². The van der Waals surface area contributed by atoms with Gasteiger partial charge in [-0.3, -0.25) is 14.5 Å². The number of rotatable bonds is 5. The molecule has 1 fully saturated rings. The lowest BCUT2D eigenvalue weighted by Gasteiger charge is -2.23. The first-order valence-corrected chi connectivity index (χ1v) is 8.84. The summed E-state index contributed by atoms with van der Waals surface area (Å²) in [7, 11) is 0. The summed E-state index contributed by atoms with van der Waals surface area (Å²) in [5, 5.41) is 11.7. The van der Waals surface area contributed by atoms with E-state index >= 15 is 0 Å². The fourth-order valence-electron chi connectivity index (χ4n) is 2.82. The van der Waals surface area contributed by atoms with Crippen LogP contribution in [-0.2, 0) is 9.59 Å². The van der Waals surface area contributed by atoms with Gasteiger partial charge in [0.05, 0.1) is 17.9 Å². The molecule has 25 heavy (non-hydrogen) atoms. The van der Waals surface area contributed by atoms with Crippen LogP contribution in [0, 0.1) is 11.8 Å². The topological polar surface area (TPSA) is 69.6 Å². The Morgan fingerprint density at radius 2 is 1.88 bits per heavy atom. The number of hydrogen-bond donors (Lipinski definition) is 2. The average Bonchev–Trinajstić information content (AvgIpc) is 3.00. The van der Waals surface area contributed by atoms with Gasteiger partial charge in [-0.1, -0.05) is 0 Å². The van der Waals surface area contributed by atoms with Crippen LogP contribution in [0.5, 0.6) is 0 Å². The van der Waals surface area contributed by atoms with Gasteiger partial charge in [0, 0.05) is 23.7 Å². The van der Waals surface area contributed by atoms with E-state index in [4.69, 9.17) is 5.11 Å². The molecule has 1 unspecified atom stereocenters. The van der Waals surface area contributed by atoms with Gasteiger partial charge in [0.1, 0.15) is 0 Å². The first-order valence-electron chi connectivity index (χ1n) is 7.62. The molecular formula is C16H19F3N2O3S. The van der Waals surface area contributed by atoms with Gasteiger partial charge in [-0.05, 0) is 37.4 Å². The third-order valence-corrected chi connectivity index (χ3v) is 5.11. The molecule has 1 amide bonds. The number of thioether (sulfide) groups is 1. The number of aliphatic carboxylic acids is 1. The summed E-state index contributed by atoms with van der Waals surface area (Å²) in [6, 6.07) is 6.19. The first-order chi connectivity index (χ1) is 11.6. The molecule has 0 spiro atoms. The Hall–Kier alpha value is -1.74. The van der Waals surface area contributed by atoms with Crippen molar-refractivity contribution in [2.24, 2.45) is 11.8 Å². The van der Waals surface area contributed by atoms with Gasteiger partial charge in [-0.2, -0.15) is 13.2 Å². The highest BCUT2D eigenvalue weighted by Gasteiger charge is 2.53. The smallest absolute Gasteiger partial charge is 0.393 e. The summed E-state index contributed by atoms with van der Waals surface area (Å²) in [5.74, 6) is -5.49. The number of carbonyl (C=O) groups excluding carboxylic acids is 1. The van der Waals surface area contributed by atoms with Crippen LogP contribution in [0.15, 0.2) is 29.2 Å². The predicted molar refractivity (Wildman–Crippen MR) is 88.6 cm³/mol. The van der Waals surface area contributed by atoms with Crippen LogP contribution in [0.3, 0.4) is 0 Å². The highest BCUT2D eigenvalue weighted by atomic mass is 32.2. The molecule has 1 aliphatic heterocycles. The van der Waals surface area contributed by atoms with Gasteiger partial charge in [0.15, 0.2) is 0 Å². The minimum atomic E-state index is -4.61. The van der Waals surface area contributed by atoms with E-state index in [9.17, 15) is 22.8 Å². The van der Waals surface area contributed by atoms with Crippen LogP contribution in [-0.4, -0.2) is 53.4 Å². The summed E-state index contributed by atoms with van der Waals surface area (Å²) in [6.07, 6.45) is -2.69. The van der Waals surface area contributed by atoms with E-state index in [-0.39, 0.29) is 6.54 Å². The predicted octanol–water partition coefficient (Wildman–Crippen LogP) is 2.93. The molecule has 0 radical (unpaired) electrons. The third-order valence-electron chi connectivity index (χ3n) is 4.37. The Morgan fingerprint density at radius 3 is 2.32 bits per heavy atom. The number of halogens is 3. The number of carboxylic acid groups (broad SMARTS) is 1. The van der Waals surface area contributed by atoms with Crippen molar-refractivity contribution in [3.8, 4) is 0 Å². The van der Waals surface area contributed by atoms with Crippen molar-refractivity contribution in [2.75, 3.05) is 24.7 Å². The third kappa shape index (κ3) is 4.66. The fourth-order valence-corrected chi connectivity index (χ4v) is 3.23. The molecule has 1 aromatic rings. The van der Waals surface area contributed by atoms with Crippen molar-refractivity contribution in [3.63, 3.8) is 0 Å². The van der Waals surface area contributed by atoms with Crippen LogP contribution in [0.4, 0.5) is 18.9 Å². The second-order valence-corrected chi connectivity index (χ2v) is 6.82. The minimum Gasteiger partial charge on any atom is -0.481 e. The van der Waals surface area contributed by atoms with Gasteiger partial charge < -0.3 is 10.4 Å². The Balaban J connectivity index is 2.04. The van der Waals surface area contributed by atoms with Crippen molar-refractivity contribution in [1.82, 2.24) is 4.90 Å². The van der Waals surface area contributed by atoms with Crippen LogP contribution in [0.1, 0.15) is 6.92 Å². The van der Waals surface area contributed by atoms with Crippen molar-refractivity contribution in [2.45, 2.75) is 24.0 Å². The SMILES string of the molecule is CSc1ccc(NC(=O)C(C)N2C[C@@H](C(F)(F)F)[C@H](C(=O)O)C2)cc1. The summed E-state index contributed by atoms with van der Waals surface area (Å²) in [5.41, 5.74) is 0.538. The Kier molecular flexibility index (Phi) is 5.99. The number of alkyl halides is 3. The molecule has 0 aliphatic carbocycles. The normalized spacial score (nSPS) is 22.6. The maximum atomic E-state index is 13.0. The monoisotopic (exact) mass is 376 g/mol. The zero-order valence-corrected chi connectivity index (χ0v) is 14.5. The molecule has 2 rings (SSSR count). The van der Waals surface area contributed by atoms with Gasteiger partial charge in [-0.25, -0.2) is 0 Å². The lowest BCUT2D eigenvalue weighted by atomic mass is 9.96. The van der Waals surface area contributed by atoms with Gasteiger partial charge in [0.2, 0.25) is 5.91 Å². The van der Waals surface area contributed by atoms with Crippen molar-refractivity contribution in [1.29, 1.82) is 0 Å². The van der Waals surface area contributed by atoms with Crippen molar-refractivity contribution < 1.29 is 27.9 Å². The van der Waals surface area contributed by atoms with Gasteiger partial charge >= 0.3 is 12.1 Å². The highest BCUT2D eigenvalue weighted by Crippen LogP contribution is 2.38. The zero-order valence-electron chi connectivity index (χ0n) is 13.7. The summed E-state index contributed by atoms with van der Waals surface area (Å²) in [6.45, 7) is 0.670. The number of carboxylic acids is 1. The van der Waals surface area contributed by atoms with E-state index in [0.29, 0.717) is 5.69 Å².